The number of aliphatic hydroxyl groups is 1. The monoisotopic (exact) mass is 267 g/mol. The highest BCUT2D eigenvalue weighted by molar-refractivity contribution is 7.99. The summed E-state index contributed by atoms with van der Waals surface area (Å²) >= 11 is 3.78. The summed E-state index contributed by atoms with van der Waals surface area (Å²) in [6.45, 7) is 0.948. The van der Waals surface area contributed by atoms with Crippen LogP contribution in [-0.4, -0.2) is 41.2 Å². The minimum atomic E-state index is -0.0631. The fourth-order valence-electron chi connectivity index (χ4n) is 1.90. The van der Waals surface area contributed by atoms with Crippen LogP contribution in [-0.2, 0) is 6.54 Å². The lowest BCUT2D eigenvalue weighted by Gasteiger charge is -2.22. The predicted molar refractivity (Wildman–Crippen MR) is 75.5 cm³/mol. The zero-order chi connectivity index (χ0) is 12.1. The minimum Gasteiger partial charge on any atom is -0.384 e. The van der Waals surface area contributed by atoms with E-state index in [1.807, 2.05) is 17.8 Å². The van der Waals surface area contributed by atoms with E-state index in [1.165, 1.54) is 22.8 Å². The highest BCUT2D eigenvalue weighted by Gasteiger charge is 2.20. The van der Waals surface area contributed by atoms with Gasteiger partial charge in [-0.25, -0.2) is 0 Å². The van der Waals surface area contributed by atoms with Gasteiger partial charge in [0.15, 0.2) is 0 Å². The highest BCUT2D eigenvalue weighted by atomic mass is 32.2. The smallest absolute Gasteiger partial charge is 0.104 e. The van der Waals surface area contributed by atoms with Gasteiger partial charge in [0.25, 0.3) is 0 Å². The van der Waals surface area contributed by atoms with Crippen molar-refractivity contribution in [2.24, 2.45) is 0 Å². The van der Waals surface area contributed by atoms with Gasteiger partial charge < -0.3 is 5.11 Å². The zero-order valence-corrected chi connectivity index (χ0v) is 11.6. The van der Waals surface area contributed by atoms with Gasteiger partial charge in [-0.05, 0) is 31.4 Å². The Labute approximate surface area is 111 Å². The second kappa shape index (κ2) is 6.46. The molecule has 0 radical (unpaired) electrons. The molecule has 1 atom stereocenters. The number of thiophene rings is 1. The lowest BCUT2D eigenvalue weighted by Crippen LogP contribution is -2.30. The van der Waals surface area contributed by atoms with Crippen molar-refractivity contribution in [2.75, 3.05) is 25.2 Å². The van der Waals surface area contributed by atoms with E-state index in [0.29, 0.717) is 0 Å². The van der Waals surface area contributed by atoms with Gasteiger partial charge in [-0.2, -0.15) is 11.8 Å². The van der Waals surface area contributed by atoms with E-state index in [-0.39, 0.29) is 6.61 Å². The lowest BCUT2D eigenvalue weighted by molar-refractivity contribution is 0.256. The number of hydrogen-bond acceptors (Lipinski definition) is 4. The van der Waals surface area contributed by atoms with Crippen molar-refractivity contribution in [2.45, 2.75) is 19.0 Å². The molecule has 1 saturated heterocycles. The molecular formula is C13H17NOS2. The van der Waals surface area contributed by atoms with Crippen LogP contribution < -0.4 is 0 Å². The Bertz CT molecular complexity index is 413. The van der Waals surface area contributed by atoms with Crippen LogP contribution in [0.1, 0.15) is 16.2 Å². The quantitative estimate of drug-likeness (QED) is 0.848. The van der Waals surface area contributed by atoms with Gasteiger partial charge in [-0.3, -0.25) is 4.90 Å². The van der Waals surface area contributed by atoms with Gasteiger partial charge >= 0.3 is 0 Å². The molecule has 1 aliphatic heterocycles. The van der Waals surface area contributed by atoms with E-state index < -0.39 is 0 Å². The third-order valence-electron chi connectivity index (χ3n) is 2.89. The molecule has 92 valence electrons. The van der Waals surface area contributed by atoms with Crippen LogP contribution in [0.2, 0.25) is 0 Å². The first-order valence-electron chi connectivity index (χ1n) is 5.76. The number of thioether (sulfide) groups is 1. The largest absolute Gasteiger partial charge is 0.384 e. The summed E-state index contributed by atoms with van der Waals surface area (Å²) in [6.07, 6.45) is 1.31. The third-order valence-corrected chi connectivity index (χ3v) is 5.02. The Morgan fingerprint density at radius 1 is 1.53 bits per heavy atom. The third kappa shape index (κ3) is 3.75. The maximum absolute atomic E-state index is 8.64. The molecule has 0 spiro atoms. The predicted octanol–water partition coefficient (Wildman–Crippen LogP) is 2.03. The van der Waals surface area contributed by atoms with E-state index in [1.54, 1.807) is 11.3 Å². The summed E-state index contributed by atoms with van der Waals surface area (Å²) in [5, 5.41) is 8.64. The molecule has 0 saturated carbocycles. The van der Waals surface area contributed by atoms with Crippen molar-refractivity contribution < 1.29 is 5.11 Å². The van der Waals surface area contributed by atoms with E-state index >= 15 is 0 Å². The van der Waals surface area contributed by atoms with Crippen LogP contribution in [0.15, 0.2) is 12.1 Å². The van der Waals surface area contributed by atoms with Gasteiger partial charge in [0, 0.05) is 23.2 Å². The Morgan fingerprint density at radius 2 is 2.41 bits per heavy atom. The Hall–Kier alpha value is -0.470. The highest BCUT2D eigenvalue weighted by Crippen LogP contribution is 2.24. The van der Waals surface area contributed by atoms with Crippen molar-refractivity contribution >= 4 is 23.1 Å². The van der Waals surface area contributed by atoms with Gasteiger partial charge in [-0.1, -0.05) is 11.8 Å². The number of hydrogen-bond donors (Lipinski definition) is 1. The standard InChI is InChI=1S/C13H17NOS2/c1-14(11-6-8-16-10-11)9-13-5-4-12(17-13)3-2-7-15/h4-5,11,15H,6-10H2,1H3. The summed E-state index contributed by atoms with van der Waals surface area (Å²) in [5.41, 5.74) is 0. The molecule has 1 aromatic heterocycles. The van der Waals surface area contributed by atoms with Gasteiger partial charge in [0.2, 0.25) is 0 Å². The molecule has 0 aromatic carbocycles. The summed E-state index contributed by atoms with van der Waals surface area (Å²) in [6, 6.07) is 4.92. The second-order valence-corrected chi connectivity index (χ2v) is 6.48. The number of aliphatic hydroxyl groups excluding tert-OH is 1. The molecule has 1 unspecified atom stereocenters. The van der Waals surface area contributed by atoms with Crippen molar-refractivity contribution in [3.63, 3.8) is 0 Å². The summed E-state index contributed by atoms with van der Waals surface area (Å²) in [5.74, 6) is 8.20. The first-order chi connectivity index (χ1) is 8.29. The van der Waals surface area contributed by atoms with Crippen molar-refractivity contribution in [3.8, 4) is 11.8 Å². The minimum absolute atomic E-state index is 0.0631. The van der Waals surface area contributed by atoms with Crippen molar-refractivity contribution in [1.29, 1.82) is 0 Å². The van der Waals surface area contributed by atoms with Crippen molar-refractivity contribution in [3.05, 3.63) is 21.9 Å². The van der Waals surface area contributed by atoms with E-state index in [4.69, 9.17) is 5.11 Å². The van der Waals surface area contributed by atoms with Crippen LogP contribution in [0.5, 0.6) is 0 Å². The van der Waals surface area contributed by atoms with Crippen LogP contribution in [0, 0.1) is 11.8 Å². The SMILES string of the molecule is CN(Cc1ccc(C#CCO)s1)C1CCSC1. The number of rotatable bonds is 3. The van der Waals surface area contributed by atoms with Crippen LogP contribution in [0.25, 0.3) is 0 Å². The fraction of sp³-hybridized carbons (Fsp3) is 0.538. The Kier molecular flexibility index (Phi) is 4.93. The molecule has 0 amide bonds. The maximum Gasteiger partial charge on any atom is 0.104 e. The normalized spacial score (nSPS) is 19.4. The van der Waals surface area contributed by atoms with Crippen LogP contribution in [0.3, 0.4) is 0 Å². The topological polar surface area (TPSA) is 23.5 Å². The second-order valence-electron chi connectivity index (χ2n) is 4.16. The molecule has 2 nitrogen and oxygen atoms in total. The molecule has 0 aliphatic carbocycles. The molecule has 0 bridgehead atoms. The number of nitrogens with zero attached hydrogens (tertiary/aromatic N) is 1. The van der Waals surface area contributed by atoms with Gasteiger partial charge in [0.05, 0.1) is 4.88 Å². The first-order valence-corrected chi connectivity index (χ1v) is 7.73. The summed E-state index contributed by atoms with van der Waals surface area (Å²) in [7, 11) is 2.20. The molecule has 1 aromatic rings. The molecule has 17 heavy (non-hydrogen) atoms. The molecule has 2 rings (SSSR count). The molecule has 1 fully saturated rings. The van der Waals surface area contributed by atoms with Crippen LogP contribution >= 0.6 is 23.1 Å². The average Bonchev–Trinajstić information content (AvgIpc) is 2.97. The molecule has 1 N–H and O–H groups in total. The van der Waals surface area contributed by atoms with Gasteiger partial charge in [0.1, 0.15) is 6.61 Å². The fourth-order valence-corrected chi connectivity index (χ4v) is 4.15. The van der Waals surface area contributed by atoms with Crippen LogP contribution in [0.4, 0.5) is 0 Å². The molecule has 1 aliphatic rings. The zero-order valence-electron chi connectivity index (χ0n) is 9.98. The van der Waals surface area contributed by atoms with E-state index in [9.17, 15) is 0 Å². The Balaban J connectivity index is 1.91. The van der Waals surface area contributed by atoms with Crippen molar-refractivity contribution in [1.82, 2.24) is 4.90 Å². The van der Waals surface area contributed by atoms with Gasteiger partial charge in [-0.15, -0.1) is 11.3 Å². The maximum atomic E-state index is 8.64. The van der Waals surface area contributed by atoms with E-state index in [0.717, 1.165) is 17.5 Å². The summed E-state index contributed by atoms with van der Waals surface area (Å²) < 4.78 is 0. The average molecular weight is 267 g/mol. The Morgan fingerprint density at radius 3 is 3.12 bits per heavy atom. The molecule has 4 heteroatoms. The summed E-state index contributed by atoms with van der Waals surface area (Å²) in [4.78, 5) is 4.84. The van der Waals surface area contributed by atoms with E-state index in [2.05, 4.69) is 29.9 Å². The molecular weight excluding hydrogens is 250 g/mol. The first kappa shape index (κ1) is 13.0. The molecule has 2 heterocycles. The lowest BCUT2D eigenvalue weighted by atomic mass is 10.2.